The lowest BCUT2D eigenvalue weighted by molar-refractivity contribution is 0.102. The van der Waals surface area contributed by atoms with Crippen LogP contribution in [0.2, 0.25) is 0 Å². The van der Waals surface area contributed by atoms with Crippen LogP contribution in [0, 0.1) is 29.1 Å². The highest BCUT2D eigenvalue weighted by atomic mass is 19.2. The molecule has 1 aromatic heterocycles. The second-order valence-electron chi connectivity index (χ2n) is 5.36. The standard InChI is InChI=1S/C18H10F5N3O/c19-9-1-3-13(12(21)7-9)25-10-5-6-24-15(8-10)18(27)26-14-4-2-11(20)16(22)17(14)23/h1-8H,(H,24,25)(H,26,27). The van der Waals surface area contributed by atoms with E-state index in [-0.39, 0.29) is 17.1 Å². The number of hydrogen-bond acceptors (Lipinski definition) is 3. The van der Waals surface area contributed by atoms with Gasteiger partial charge in [-0.15, -0.1) is 0 Å². The number of carbonyl (C=O) groups excluding carboxylic acids is 1. The van der Waals surface area contributed by atoms with Gasteiger partial charge in [-0.25, -0.2) is 22.0 Å². The van der Waals surface area contributed by atoms with Gasteiger partial charge in [0.05, 0.1) is 11.4 Å². The molecule has 0 bridgehead atoms. The van der Waals surface area contributed by atoms with E-state index in [2.05, 4.69) is 15.6 Å². The molecular formula is C18H10F5N3O. The second kappa shape index (κ2) is 7.40. The Morgan fingerprint density at radius 1 is 0.815 bits per heavy atom. The minimum atomic E-state index is -1.72. The maximum absolute atomic E-state index is 13.7. The number of pyridine rings is 1. The fourth-order valence-corrected chi connectivity index (χ4v) is 2.19. The lowest BCUT2D eigenvalue weighted by Gasteiger charge is -2.10. The van der Waals surface area contributed by atoms with Crippen molar-refractivity contribution < 1.29 is 26.7 Å². The highest BCUT2D eigenvalue weighted by molar-refractivity contribution is 6.03. The van der Waals surface area contributed by atoms with Crippen molar-refractivity contribution in [2.75, 3.05) is 10.6 Å². The first-order chi connectivity index (χ1) is 12.8. The van der Waals surface area contributed by atoms with Gasteiger partial charge in [-0.3, -0.25) is 9.78 Å². The van der Waals surface area contributed by atoms with E-state index >= 15 is 0 Å². The number of carbonyl (C=O) groups is 1. The second-order valence-corrected chi connectivity index (χ2v) is 5.36. The van der Waals surface area contributed by atoms with Gasteiger partial charge in [0.2, 0.25) is 0 Å². The van der Waals surface area contributed by atoms with Gasteiger partial charge in [-0.2, -0.15) is 0 Å². The number of nitrogens with one attached hydrogen (secondary N) is 2. The van der Waals surface area contributed by atoms with Crippen LogP contribution in [0.3, 0.4) is 0 Å². The van der Waals surface area contributed by atoms with Gasteiger partial charge in [0.25, 0.3) is 5.91 Å². The van der Waals surface area contributed by atoms with Crippen LogP contribution in [-0.4, -0.2) is 10.9 Å². The number of benzene rings is 2. The Balaban J connectivity index is 1.81. The normalized spacial score (nSPS) is 10.6. The minimum absolute atomic E-state index is 0.0411. The van der Waals surface area contributed by atoms with Gasteiger partial charge >= 0.3 is 0 Å². The zero-order chi connectivity index (χ0) is 19.6. The van der Waals surface area contributed by atoms with Crippen LogP contribution in [0.4, 0.5) is 39.0 Å². The first-order valence-electron chi connectivity index (χ1n) is 7.48. The van der Waals surface area contributed by atoms with Crippen LogP contribution in [-0.2, 0) is 0 Å². The van der Waals surface area contributed by atoms with E-state index in [1.165, 1.54) is 24.4 Å². The van der Waals surface area contributed by atoms with Crippen molar-refractivity contribution in [3.8, 4) is 0 Å². The summed E-state index contributed by atoms with van der Waals surface area (Å²) >= 11 is 0. The van der Waals surface area contributed by atoms with E-state index in [1.54, 1.807) is 0 Å². The summed E-state index contributed by atoms with van der Waals surface area (Å²) in [6.07, 6.45) is 1.22. The van der Waals surface area contributed by atoms with Crippen molar-refractivity contribution in [2.24, 2.45) is 0 Å². The molecule has 138 valence electrons. The van der Waals surface area contributed by atoms with Gasteiger partial charge in [0.15, 0.2) is 17.5 Å². The third-order valence-corrected chi connectivity index (χ3v) is 3.49. The summed E-state index contributed by atoms with van der Waals surface area (Å²) in [5.74, 6) is -7.16. The smallest absolute Gasteiger partial charge is 0.274 e. The molecule has 1 heterocycles. The minimum Gasteiger partial charge on any atom is -0.353 e. The average molecular weight is 379 g/mol. The maximum Gasteiger partial charge on any atom is 0.274 e. The van der Waals surface area contributed by atoms with E-state index < -0.39 is 40.7 Å². The molecule has 4 nitrogen and oxygen atoms in total. The van der Waals surface area contributed by atoms with Crippen molar-refractivity contribution in [1.29, 1.82) is 0 Å². The SMILES string of the molecule is O=C(Nc1ccc(F)c(F)c1F)c1cc(Nc2ccc(F)cc2F)ccn1. The predicted octanol–water partition coefficient (Wildman–Crippen LogP) is 4.77. The lowest BCUT2D eigenvalue weighted by Crippen LogP contribution is -2.15. The average Bonchev–Trinajstić information content (AvgIpc) is 2.65. The first-order valence-corrected chi connectivity index (χ1v) is 7.48. The van der Waals surface area contributed by atoms with Gasteiger partial charge in [-0.05, 0) is 36.4 Å². The van der Waals surface area contributed by atoms with Crippen LogP contribution in [0.15, 0.2) is 48.7 Å². The fraction of sp³-hybridized carbons (Fsp3) is 0. The van der Waals surface area contributed by atoms with E-state index in [4.69, 9.17) is 0 Å². The summed E-state index contributed by atoms with van der Waals surface area (Å²) in [6, 6.07) is 7.06. The molecule has 27 heavy (non-hydrogen) atoms. The van der Waals surface area contributed by atoms with Crippen LogP contribution >= 0.6 is 0 Å². The summed E-state index contributed by atoms with van der Waals surface area (Å²) in [6.45, 7) is 0. The van der Waals surface area contributed by atoms with Crippen LogP contribution in [0.25, 0.3) is 0 Å². The Bertz CT molecular complexity index is 1030. The number of rotatable bonds is 4. The molecule has 2 aromatic carbocycles. The van der Waals surface area contributed by atoms with Gasteiger partial charge in [0, 0.05) is 18.0 Å². The van der Waals surface area contributed by atoms with Crippen LogP contribution in [0.5, 0.6) is 0 Å². The summed E-state index contributed by atoms with van der Waals surface area (Å²) < 4.78 is 66.4. The number of anilines is 3. The van der Waals surface area contributed by atoms with E-state index in [1.807, 2.05) is 0 Å². The quantitative estimate of drug-likeness (QED) is 0.507. The molecule has 0 saturated carbocycles. The van der Waals surface area contributed by atoms with Crippen molar-refractivity contribution >= 4 is 23.0 Å². The van der Waals surface area contributed by atoms with Gasteiger partial charge in [0.1, 0.15) is 17.3 Å². The zero-order valence-corrected chi connectivity index (χ0v) is 13.4. The lowest BCUT2D eigenvalue weighted by atomic mass is 10.2. The van der Waals surface area contributed by atoms with Crippen molar-refractivity contribution in [1.82, 2.24) is 4.98 Å². The summed E-state index contributed by atoms with van der Waals surface area (Å²) in [5, 5.41) is 4.71. The molecule has 0 aliphatic heterocycles. The van der Waals surface area contributed by atoms with E-state index in [9.17, 15) is 26.7 Å². The number of nitrogens with zero attached hydrogens (tertiary/aromatic N) is 1. The maximum atomic E-state index is 13.7. The van der Waals surface area contributed by atoms with Crippen molar-refractivity contribution in [3.63, 3.8) is 0 Å². The number of halogens is 5. The number of hydrogen-bond donors (Lipinski definition) is 2. The molecule has 3 aromatic rings. The molecule has 2 N–H and O–H groups in total. The third-order valence-electron chi connectivity index (χ3n) is 3.49. The molecule has 0 fully saturated rings. The van der Waals surface area contributed by atoms with Crippen LogP contribution < -0.4 is 10.6 Å². The molecule has 0 aliphatic carbocycles. The molecular weight excluding hydrogens is 369 g/mol. The highest BCUT2D eigenvalue weighted by Gasteiger charge is 2.17. The number of amides is 1. The topological polar surface area (TPSA) is 54.0 Å². The van der Waals surface area contributed by atoms with Crippen molar-refractivity contribution in [3.05, 3.63) is 83.4 Å². The zero-order valence-electron chi connectivity index (χ0n) is 13.4. The van der Waals surface area contributed by atoms with Gasteiger partial charge in [-0.1, -0.05) is 0 Å². The van der Waals surface area contributed by atoms with Crippen molar-refractivity contribution in [2.45, 2.75) is 0 Å². The first kappa shape index (κ1) is 18.3. The summed E-state index contributed by atoms with van der Waals surface area (Å²) in [4.78, 5) is 16.0. The largest absolute Gasteiger partial charge is 0.353 e. The Hall–Kier alpha value is -3.49. The summed E-state index contributed by atoms with van der Waals surface area (Å²) in [7, 11) is 0. The third kappa shape index (κ3) is 4.02. The Morgan fingerprint density at radius 2 is 1.56 bits per heavy atom. The molecule has 1 amide bonds. The molecule has 0 saturated heterocycles. The molecule has 3 rings (SSSR count). The molecule has 0 unspecified atom stereocenters. The molecule has 0 radical (unpaired) electrons. The number of aromatic nitrogens is 1. The highest BCUT2D eigenvalue weighted by Crippen LogP contribution is 2.22. The Kier molecular flexibility index (Phi) is 5.02. The monoisotopic (exact) mass is 379 g/mol. The molecule has 0 atom stereocenters. The van der Waals surface area contributed by atoms with E-state index in [0.717, 1.165) is 12.1 Å². The molecule has 0 aliphatic rings. The molecule has 0 spiro atoms. The molecule has 9 heteroatoms. The Morgan fingerprint density at radius 3 is 2.30 bits per heavy atom. The predicted molar refractivity (Wildman–Crippen MR) is 88.1 cm³/mol. The van der Waals surface area contributed by atoms with Gasteiger partial charge < -0.3 is 10.6 Å². The van der Waals surface area contributed by atoms with E-state index in [0.29, 0.717) is 12.1 Å². The summed E-state index contributed by atoms with van der Waals surface area (Å²) in [5.41, 5.74) is -0.567. The fourth-order valence-electron chi connectivity index (χ4n) is 2.19. The van der Waals surface area contributed by atoms with Crippen LogP contribution in [0.1, 0.15) is 10.5 Å². The Labute approximate surface area is 149 Å².